The normalized spacial score (nSPS) is 10.1. The van der Waals surface area contributed by atoms with Crippen molar-refractivity contribution >= 4 is 11.6 Å². The van der Waals surface area contributed by atoms with E-state index in [2.05, 4.69) is 0 Å². The lowest BCUT2D eigenvalue weighted by Gasteiger charge is -2.07. The van der Waals surface area contributed by atoms with Gasteiger partial charge in [0.05, 0.1) is 7.11 Å². The highest BCUT2D eigenvalue weighted by Crippen LogP contribution is 2.25. The van der Waals surface area contributed by atoms with Crippen molar-refractivity contribution in [2.75, 3.05) is 7.11 Å². The minimum Gasteiger partial charge on any atom is -0.497 e. The molecule has 0 aliphatic rings. The van der Waals surface area contributed by atoms with Gasteiger partial charge in [-0.3, -0.25) is 9.59 Å². The van der Waals surface area contributed by atoms with Crippen LogP contribution in [-0.4, -0.2) is 18.7 Å². The van der Waals surface area contributed by atoms with Gasteiger partial charge >= 0.3 is 0 Å². The summed E-state index contributed by atoms with van der Waals surface area (Å²) < 4.78 is 16.5. The maximum atomic E-state index is 12.4. The standard InChI is InChI=1S/C21H18O2.C15H14O3/c1-15-3-7-17(8-4-15)21(22)18-9-13-20(14-10-18)23-19-11-5-16(2)6-12-19;1-11(16)12-3-5-14(6-4-12)18-15-9-7-13(17-2)8-10-15/h3-14H,1-2H3;3-10H,1-2H3. The Hall–Kier alpha value is -5.16. The molecule has 5 rings (SSSR count). The van der Waals surface area contributed by atoms with Crippen LogP contribution < -0.4 is 14.2 Å². The van der Waals surface area contributed by atoms with Gasteiger partial charge in [-0.1, -0.05) is 47.5 Å². The van der Waals surface area contributed by atoms with E-state index in [9.17, 15) is 9.59 Å². The summed E-state index contributed by atoms with van der Waals surface area (Å²) >= 11 is 0. The van der Waals surface area contributed by atoms with Gasteiger partial charge < -0.3 is 14.2 Å². The third kappa shape index (κ3) is 8.41. The van der Waals surface area contributed by atoms with Gasteiger partial charge in [0.2, 0.25) is 0 Å². The summed E-state index contributed by atoms with van der Waals surface area (Å²) in [7, 11) is 1.62. The summed E-state index contributed by atoms with van der Waals surface area (Å²) in [5.41, 5.74) is 4.37. The molecule has 5 nitrogen and oxygen atoms in total. The molecule has 5 aromatic rings. The van der Waals surface area contributed by atoms with Crippen LogP contribution in [0.5, 0.6) is 28.7 Å². The van der Waals surface area contributed by atoms with Crippen molar-refractivity contribution in [1.82, 2.24) is 0 Å². The van der Waals surface area contributed by atoms with Crippen molar-refractivity contribution in [3.63, 3.8) is 0 Å². The molecule has 0 heterocycles. The molecule has 0 spiro atoms. The zero-order valence-electron chi connectivity index (χ0n) is 23.6. The van der Waals surface area contributed by atoms with Crippen molar-refractivity contribution in [3.8, 4) is 28.7 Å². The molecule has 0 bridgehead atoms. The Morgan fingerprint density at radius 1 is 0.439 bits per heavy atom. The summed E-state index contributed by atoms with van der Waals surface area (Å²) in [5.74, 6) is 3.78. The van der Waals surface area contributed by atoms with E-state index in [4.69, 9.17) is 14.2 Å². The zero-order valence-corrected chi connectivity index (χ0v) is 23.6. The van der Waals surface area contributed by atoms with E-state index in [1.54, 1.807) is 50.4 Å². The van der Waals surface area contributed by atoms with Gasteiger partial charge in [0, 0.05) is 16.7 Å². The second-order valence-electron chi connectivity index (χ2n) is 9.49. The summed E-state index contributed by atoms with van der Waals surface area (Å²) in [6.45, 7) is 5.58. The van der Waals surface area contributed by atoms with Crippen LogP contribution >= 0.6 is 0 Å². The first-order valence-corrected chi connectivity index (χ1v) is 13.2. The second-order valence-corrected chi connectivity index (χ2v) is 9.49. The van der Waals surface area contributed by atoms with E-state index in [-0.39, 0.29) is 11.6 Å². The van der Waals surface area contributed by atoms with Crippen molar-refractivity contribution in [2.45, 2.75) is 20.8 Å². The van der Waals surface area contributed by atoms with Crippen molar-refractivity contribution in [1.29, 1.82) is 0 Å². The predicted octanol–water partition coefficient (Wildman–Crippen LogP) is 9.02. The Morgan fingerprint density at radius 3 is 1.12 bits per heavy atom. The Kier molecular flexibility index (Phi) is 9.68. The summed E-state index contributed by atoms with van der Waals surface area (Å²) in [6, 6.07) is 37.1. The van der Waals surface area contributed by atoms with Gasteiger partial charge in [-0.2, -0.15) is 0 Å². The van der Waals surface area contributed by atoms with Gasteiger partial charge in [0.15, 0.2) is 11.6 Å². The molecule has 5 aromatic carbocycles. The summed E-state index contributed by atoms with van der Waals surface area (Å²) in [6.07, 6.45) is 0. The summed E-state index contributed by atoms with van der Waals surface area (Å²) in [5, 5.41) is 0. The molecule has 0 amide bonds. The molecular formula is C36H32O5. The maximum absolute atomic E-state index is 12.4. The predicted molar refractivity (Wildman–Crippen MR) is 162 cm³/mol. The molecule has 206 valence electrons. The number of Topliss-reactive ketones (excluding diaryl/α,β-unsaturated/α-hetero) is 1. The molecule has 0 unspecified atom stereocenters. The van der Waals surface area contributed by atoms with Crippen molar-refractivity contribution in [2.24, 2.45) is 0 Å². The molecule has 0 saturated carbocycles. The third-order valence-electron chi connectivity index (χ3n) is 6.24. The highest BCUT2D eigenvalue weighted by molar-refractivity contribution is 6.09. The first-order chi connectivity index (χ1) is 19.8. The van der Waals surface area contributed by atoms with Crippen molar-refractivity contribution in [3.05, 3.63) is 149 Å². The molecule has 41 heavy (non-hydrogen) atoms. The van der Waals surface area contributed by atoms with E-state index < -0.39 is 0 Å². The van der Waals surface area contributed by atoms with Crippen LogP contribution in [0.25, 0.3) is 0 Å². The van der Waals surface area contributed by atoms with E-state index in [0.29, 0.717) is 28.2 Å². The minimum atomic E-state index is 0.0203. The number of carbonyl (C=O) groups excluding carboxylic acids is 2. The van der Waals surface area contributed by atoms with Crippen LogP contribution in [0.3, 0.4) is 0 Å². The smallest absolute Gasteiger partial charge is 0.193 e. The molecule has 0 saturated heterocycles. The SMILES string of the molecule is COc1ccc(Oc2ccc(C(C)=O)cc2)cc1.Cc1ccc(Oc2ccc(C(=O)c3ccc(C)cc3)cc2)cc1. The highest BCUT2D eigenvalue weighted by Gasteiger charge is 2.09. The lowest BCUT2D eigenvalue weighted by Crippen LogP contribution is -2.00. The van der Waals surface area contributed by atoms with Crippen LogP contribution in [0, 0.1) is 13.8 Å². The first-order valence-electron chi connectivity index (χ1n) is 13.2. The molecule has 0 atom stereocenters. The number of hydrogen-bond donors (Lipinski definition) is 0. The molecular weight excluding hydrogens is 512 g/mol. The highest BCUT2D eigenvalue weighted by atomic mass is 16.5. The number of ether oxygens (including phenoxy) is 3. The Balaban J connectivity index is 0.000000195. The zero-order chi connectivity index (χ0) is 29.2. The topological polar surface area (TPSA) is 61.8 Å². The molecule has 0 fully saturated rings. The number of rotatable bonds is 8. The van der Waals surface area contributed by atoms with Gasteiger partial charge in [0.25, 0.3) is 0 Å². The van der Waals surface area contributed by atoms with Crippen LogP contribution in [0.2, 0.25) is 0 Å². The van der Waals surface area contributed by atoms with Gasteiger partial charge in [-0.15, -0.1) is 0 Å². The number of ketones is 2. The second kappa shape index (κ2) is 13.8. The maximum Gasteiger partial charge on any atom is 0.193 e. The van der Waals surface area contributed by atoms with Crippen molar-refractivity contribution < 1.29 is 23.8 Å². The third-order valence-corrected chi connectivity index (χ3v) is 6.24. The number of aryl methyl sites for hydroxylation is 2. The van der Waals surface area contributed by atoms with E-state index in [0.717, 1.165) is 22.8 Å². The van der Waals surface area contributed by atoms with E-state index in [1.807, 2.05) is 98.8 Å². The molecule has 0 aliphatic carbocycles. The van der Waals surface area contributed by atoms with Gasteiger partial charge in [-0.05, 0) is 106 Å². The average Bonchev–Trinajstić information content (AvgIpc) is 3.00. The van der Waals surface area contributed by atoms with Crippen LogP contribution in [0.15, 0.2) is 121 Å². The molecule has 5 heteroatoms. The van der Waals surface area contributed by atoms with E-state index >= 15 is 0 Å². The van der Waals surface area contributed by atoms with E-state index in [1.165, 1.54) is 5.56 Å². The minimum absolute atomic E-state index is 0.0203. The Labute approximate surface area is 241 Å². The Morgan fingerprint density at radius 2 is 0.732 bits per heavy atom. The summed E-state index contributed by atoms with van der Waals surface area (Å²) in [4.78, 5) is 23.6. The molecule has 0 aromatic heterocycles. The number of benzene rings is 5. The fourth-order valence-electron chi connectivity index (χ4n) is 3.83. The number of hydrogen-bond acceptors (Lipinski definition) is 5. The van der Waals surface area contributed by atoms with Crippen LogP contribution in [0.1, 0.15) is 44.3 Å². The lowest BCUT2D eigenvalue weighted by molar-refractivity contribution is 0.101. The fourth-order valence-corrected chi connectivity index (χ4v) is 3.83. The molecule has 0 N–H and O–H groups in total. The molecule has 0 radical (unpaired) electrons. The largest absolute Gasteiger partial charge is 0.497 e. The quantitative estimate of drug-likeness (QED) is 0.182. The Bertz CT molecular complexity index is 1570. The first kappa shape index (κ1) is 28.8. The number of methoxy groups -OCH3 is 1. The fraction of sp³-hybridized carbons (Fsp3) is 0.111. The average molecular weight is 545 g/mol. The monoisotopic (exact) mass is 544 g/mol. The van der Waals surface area contributed by atoms with Crippen LogP contribution in [0.4, 0.5) is 0 Å². The van der Waals surface area contributed by atoms with Gasteiger partial charge in [0.1, 0.15) is 28.7 Å². The van der Waals surface area contributed by atoms with Crippen LogP contribution in [-0.2, 0) is 0 Å². The molecule has 0 aliphatic heterocycles. The van der Waals surface area contributed by atoms with Gasteiger partial charge in [-0.25, -0.2) is 0 Å². The lowest BCUT2D eigenvalue weighted by atomic mass is 10.0. The number of carbonyl (C=O) groups is 2.